The third-order valence-corrected chi connectivity index (χ3v) is 6.63. The first-order valence-electron chi connectivity index (χ1n) is 6.66. The maximum Gasteiger partial charge on any atom is 0.154 e. The van der Waals surface area contributed by atoms with Gasteiger partial charge < -0.3 is 5.32 Å². The van der Waals surface area contributed by atoms with Gasteiger partial charge in [0.1, 0.15) is 0 Å². The maximum absolute atomic E-state index is 11.9. The Morgan fingerprint density at radius 2 is 1.76 bits per heavy atom. The SMILES string of the molecule is CNC(CC1CCCCC1)C(C)(C)S(C)(=O)=O. The highest BCUT2D eigenvalue weighted by Crippen LogP contribution is 2.32. The van der Waals surface area contributed by atoms with Gasteiger partial charge in [-0.15, -0.1) is 0 Å². The Kier molecular flexibility index (Phi) is 5.02. The molecule has 4 heteroatoms. The van der Waals surface area contributed by atoms with Gasteiger partial charge in [-0.2, -0.15) is 0 Å². The van der Waals surface area contributed by atoms with E-state index in [1.165, 1.54) is 38.4 Å². The lowest BCUT2D eigenvalue weighted by molar-refractivity contribution is 0.280. The number of hydrogen-bond donors (Lipinski definition) is 1. The quantitative estimate of drug-likeness (QED) is 0.826. The Labute approximate surface area is 106 Å². The second-order valence-corrected chi connectivity index (χ2v) is 8.55. The van der Waals surface area contributed by atoms with E-state index in [0.29, 0.717) is 5.92 Å². The second-order valence-electron chi connectivity index (χ2n) is 5.96. The molecule has 0 heterocycles. The van der Waals surface area contributed by atoms with Crippen molar-refractivity contribution < 1.29 is 8.42 Å². The summed E-state index contributed by atoms with van der Waals surface area (Å²) in [7, 11) is -1.15. The van der Waals surface area contributed by atoms with Crippen molar-refractivity contribution in [1.82, 2.24) is 5.32 Å². The van der Waals surface area contributed by atoms with E-state index in [-0.39, 0.29) is 6.04 Å². The van der Waals surface area contributed by atoms with Crippen LogP contribution in [0.2, 0.25) is 0 Å². The Hall–Kier alpha value is -0.0900. The van der Waals surface area contributed by atoms with E-state index in [2.05, 4.69) is 5.32 Å². The molecular weight excluding hydrogens is 234 g/mol. The van der Waals surface area contributed by atoms with Crippen LogP contribution in [-0.4, -0.2) is 32.5 Å². The molecular formula is C13H27NO2S. The first-order valence-corrected chi connectivity index (χ1v) is 8.55. The second kappa shape index (κ2) is 5.70. The zero-order valence-electron chi connectivity index (χ0n) is 11.6. The fourth-order valence-electron chi connectivity index (χ4n) is 2.76. The lowest BCUT2D eigenvalue weighted by atomic mass is 9.82. The zero-order valence-corrected chi connectivity index (χ0v) is 12.4. The molecule has 1 N–H and O–H groups in total. The fourth-order valence-corrected chi connectivity index (χ4v) is 3.49. The molecule has 1 aliphatic rings. The van der Waals surface area contributed by atoms with Crippen LogP contribution < -0.4 is 5.32 Å². The maximum atomic E-state index is 11.9. The normalized spacial score (nSPS) is 21.4. The highest BCUT2D eigenvalue weighted by Gasteiger charge is 2.39. The number of rotatable bonds is 5. The first kappa shape index (κ1) is 15.0. The molecule has 0 aliphatic heterocycles. The van der Waals surface area contributed by atoms with Crippen LogP contribution >= 0.6 is 0 Å². The van der Waals surface area contributed by atoms with Crippen molar-refractivity contribution in [3.8, 4) is 0 Å². The number of hydrogen-bond acceptors (Lipinski definition) is 3. The summed E-state index contributed by atoms with van der Waals surface area (Å²) in [6.07, 6.45) is 8.81. The van der Waals surface area contributed by atoms with Crippen LogP contribution in [0.15, 0.2) is 0 Å². The summed E-state index contributed by atoms with van der Waals surface area (Å²) >= 11 is 0. The first-order chi connectivity index (χ1) is 7.79. The third kappa shape index (κ3) is 3.68. The molecule has 1 atom stereocenters. The summed E-state index contributed by atoms with van der Waals surface area (Å²) in [4.78, 5) is 0. The molecule has 0 radical (unpaired) electrons. The van der Waals surface area contributed by atoms with Gasteiger partial charge in [-0.3, -0.25) is 0 Å². The van der Waals surface area contributed by atoms with Gasteiger partial charge in [0.2, 0.25) is 0 Å². The summed E-state index contributed by atoms with van der Waals surface area (Å²) in [6, 6.07) is 0.0561. The molecule has 0 amide bonds. The van der Waals surface area contributed by atoms with Gasteiger partial charge in [0.15, 0.2) is 9.84 Å². The minimum Gasteiger partial charge on any atom is -0.315 e. The van der Waals surface area contributed by atoms with Crippen molar-refractivity contribution in [1.29, 1.82) is 0 Å². The predicted octanol–water partition coefficient (Wildman–Crippen LogP) is 2.37. The lowest BCUT2D eigenvalue weighted by Gasteiger charge is -2.36. The standard InChI is InChI=1S/C13H27NO2S/c1-13(2,17(4,15)16)12(14-3)10-11-8-6-5-7-9-11/h11-12,14H,5-10H2,1-4H3. The predicted molar refractivity (Wildman–Crippen MR) is 73.0 cm³/mol. The summed E-state index contributed by atoms with van der Waals surface area (Å²) < 4.78 is 23.0. The molecule has 0 aromatic rings. The number of nitrogens with one attached hydrogen (secondary N) is 1. The summed E-state index contributed by atoms with van der Waals surface area (Å²) in [5, 5.41) is 3.22. The van der Waals surface area contributed by atoms with Gasteiger partial charge in [0, 0.05) is 12.3 Å². The Morgan fingerprint density at radius 1 is 1.24 bits per heavy atom. The molecule has 1 unspecified atom stereocenters. The van der Waals surface area contributed by atoms with Crippen molar-refractivity contribution in [3.05, 3.63) is 0 Å². The summed E-state index contributed by atoms with van der Waals surface area (Å²) in [5.74, 6) is 0.697. The molecule has 0 saturated heterocycles. The van der Waals surface area contributed by atoms with E-state index in [0.717, 1.165) is 6.42 Å². The van der Waals surface area contributed by atoms with Crippen molar-refractivity contribution in [2.75, 3.05) is 13.3 Å². The number of sulfone groups is 1. The highest BCUT2D eigenvalue weighted by molar-refractivity contribution is 7.92. The molecule has 1 fully saturated rings. The molecule has 0 bridgehead atoms. The third-order valence-electron chi connectivity index (χ3n) is 4.44. The molecule has 3 nitrogen and oxygen atoms in total. The molecule has 0 spiro atoms. The van der Waals surface area contributed by atoms with E-state index in [1.54, 1.807) is 0 Å². The smallest absolute Gasteiger partial charge is 0.154 e. The average molecular weight is 261 g/mol. The minimum absolute atomic E-state index is 0.0561. The van der Waals surface area contributed by atoms with Gasteiger partial charge in [-0.25, -0.2) is 8.42 Å². The summed E-state index contributed by atoms with van der Waals surface area (Å²) in [5.41, 5.74) is 0. The minimum atomic E-state index is -3.03. The van der Waals surface area contributed by atoms with Crippen molar-refractivity contribution in [2.24, 2.45) is 5.92 Å². The Bertz CT molecular complexity index is 329. The Morgan fingerprint density at radius 3 is 2.18 bits per heavy atom. The van der Waals surface area contributed by atoms with Crippen LogP contribution in [0.3, 0.4) is 0 Å². The van der Waals surface area contributed by atoms with Crippen LogP contribution in [0.5, 0.6) is 0 Å². The lowest BCUT2D eigenvalue weighted by Crippen LogP contribution is -2.51. The van der Waals surface area contributed by atoms with Crippen LogP contribution in [-0.2, 0) is 9.84 Å². The van der Waals surface area contributed by atoms with Gasteiger partial charge >= 0.3 is 0 Å². The van der Waals surface area contributed by atoms with Crippen LogP contribution in [0.1, 0.15) is 52.4 Å². The largest absolute Gasteiger partial charge is 0.315 e. The van der Waals surface area contributed by atoms with E-state index in [9.17, 15) is 8.42 Å². The van der Waals surface area contributed by atoms with Crippen molar-refractivity contribution in [2.45, 2.75) is 63.2 Å². The molecule has 0 aromatic heterocycles. The Balaban J connectivity index is 2.70. The summed E-state index contributed by atoms with van der Waals surface area (Å²) in [6.45, 7) is 3.68. The van der Waals surface area contributed by atoms with Crippen LogP contribution in [0, 0.1) is 5.92 Å². The average Bonchev–Trinajstić information content (AvgIpc) is 2.25. The van der Waals surface area contributed by atoms with Crippen LogP contribution in [0.4, 0.5) is 0 Å². The molecule has 1 saturated carbocycles. The van der Waals surface area contributed by atoms with Crippen molar-refractivity contribution >= 4 is 9.84 Å². The van der Waals surface area contributed by atoms with Gasteiger partial charge in [0.05, 0.1) is 4.75 Å². The molecule has 1 aliphatic carbocycles. The van der Waals surface area contributed by atoms with E-state index >= 15 is 0 Å². The molecule has 17 heavy (non-hydrogen) atoms. The monoisotopic (exact) mass is 261 g/mol. The van der Waals surface area contributed by atoms with Gasteiger partial charge in [-0.1, -0.05) is 32.1 Å². The van der Waals surface area contributed by atoms with Crippen molar-refractivity contribution in [3.63, 3.8) is 0 Å². The molecule has 102 valence electrons. The van der Waals surface area contributed by atoms with Gasteiger partial charge in [-0.05, 0) is 33.2 Å². The van der Waals surface area contributed by atoms with E-state index < -0.39 is 14.6 Å². The van der Waals surface area contributed by atoms with E-state index in [1.807, 2.05) is 20.9 Å². The molecule has 1 rings (SSSR count). The van der Waals surface area contributed by atoms with Crippen LogP contribution in [0.25, 0.3) is 0 Å². The van der Waals surface area contributed by atoms with E-state index in [4.69, 9.17) is 0 Å². The fraction of sp³-hybridized carbons (Fsp3) is 1.00. The van der Waals surface area contributed by atoms with Gasteiger partial charge in [0.25, 0.3) is 0 Å². The molecule has 0 aromatic carbocycles. The zero-order chi connectivity index (χ0) is 13.1. The topological polar surface area (TPSA) is 46.2 Å². The highest BCUT2D eigenvalue weighted by atomic mass is 32.2.